The van der Waals surface area contributed by atoms with Gasteiger partial charge in [0.2, 0.25) is 10.8 Å². The van der Waals surface area contributed by atoms with Crippen LogP contribution in [0.5, 0.6) is 11.5 Å². The summed E-state index contributed by atoms with van der Waals surface area (Å²) in [4.78, 5) is 5.01. The van der Waals surface area contributed by atoms with Crippen molar-refractivity contribution in [1.82, 2.24) is 24.8 Å². The zero-order valence-corrected chi connectivity index (χ0v) is 13.2. The summed E-state index contributed by atoms with van der Waals surface area (Å²) >= 11 is 1.44. The highest BCUT2D eigenvalue weighted by molar-refractivity contribution is 7.16. The third-order valence-electron chi connectivity index (χ3n) is 3.68. The largest absolute Gasteiger partial charge is 0.485 e. The van der Waals surface area contributed by atoms with E-state index in [1.807, 2.05) is 42.5 Å². The van der Waals surface area contributed by atoms with E-state index in [0.29, 0.717) is 17.4 Å². The van der Waals surface area contributed by atoms with Gasteiger partial charge in [-0.2, -0.15) is 9.61 Å². The van der Waals surface area contributed by atoms with Gasteiger partial charge in [0.15, 0.2) is 22.6 Å². The number of ether oxygens (including phenoxy) is 2. The van der Waals surface area contributed by atoms with E-state index in [1.54, 1.807) is 10.7 Å². The summed E-state index contributed by atoms with van der Waals surface area (Å²) in [6.07, 6.45) is 1.46. The van der Waals surface area contributed by atoms with Crippen LogP contribution in [0.4, 0.5) is 0 Å². The first kappa shape index (κ1) is 13.4. The molecular formula is C16H11N5O2S. The molecule has 5 rings (SSSR count). The second-order valence-corrected chi connectivity index (χ2v) is 6.23. The van der Waals surface area contributed by atoms with Gasteiger partial charge in [-0.25, -0.2) is 0 Å². The normalized spacial score (nSPS) is 16.4. The van der Waals surface area contributed by atoms with Gasteiger partial charge in [-0.3, -0.25) is 4.98 Å². The predicted molar refractivity (Wildman–Crippen MR) is 87.2 cm³/mol. The Kier molecular flexibility index (Phi) is 2.95. The lowest BCUT2D eigenvalue weighted by Crippen LogP contribution is -2.21. The third-order valence-corrected chi connectivity index (χ3v) is 4.68. The maximum atomic E-state index is 6.01. The monoisotopic (exact) mass is 337 g/mol. The molecule has 7 nitrogen and oxygen atoms in total. The molecule has 8 heteroatoms. The summed E-state index contributed by atoms with van der Waals surface area (Å²) < 4.78 is 13.5. The molecule has 4 aromatic rings. The quantitative estimate of drug-likeness (QED) is 0.560. The fraction of sp³-hybridized carbons (Fsp3) is 0.125. The Morgan fingerprint density at radius 1 is 1.04 bits per heavy atom. The number of hydrogen-bond donors (Lipinski definition) is 0. The average Bonchev–Trinajstić information content (AvgIpc) is 3.23. The van der Waals surface area contributed by atoms with E-state index >= 15 is 0 Å². The van der Waals surface area contributed by atoms with Crippen LogP contribution >= 0.6 is 11.3 Å². The molecule has 0 N–H and O–H groups in total. The number of aromatic nitrogens is 5. The Labute approximate surface area is 140 Å². The van der Waals surface area contributed by atoms with Crippen molar-refractivity contribution in [1.29, 1.82) is 0 Å². The van der Waals surface area contributed by atoms with Crippen LogP contribution in [0.15, 0.2) is 48.7 Å². The van der Waals surface area contributed by atoms with Crippen molar-refractivity contribution in [2.24, 2.45) is 0 Å². The van der Waals surface area contributed by atoms with Crippen molar-refractivity contribution in [2.45, 2.75) is 6.10 Å². The van der Waals surface area contributed by atoms with Gasteiger partial charge >= 0.3 is 0 Å². The predicted octanol–water partition coefficient (Wildman–Crippen LogP) is 2.76. The van der Waals surface area contributed by atoms with Crippen molar-refractivity contribution in [2.75, 3.05) is 6.61 Å². The lowest BCUT2D eigenvalue weighted by Gasteiger charge is -2.24. The summed E-state index contributed by atoms with van der Waals surface area (Å²) in [5.74, 6) is 2.10. The highest BCUT2D eigenvalue weighted by Gasteiger charge is 2.27. The zero-order chi connectivity index (χ0) is 15.9. The number of hydrogen-bond acceptors (Lipinski definition) is 7. The minimum atomic E-state index is -0.261. The standard InChI is InChI=1S/C16H11N5O2S/c1-2-7-12-11(6-1)22-9-13(23-12)15-20-21-14(18-19-16(21)24-15)10-5-3-4-8-17-10/h1-8,13H,9H2/t13-/m1/s1. The van der Waals surface area contributed by atoms with Crippen LogP contribution < -0.4 is 9.47 Å². The lowest BCUT2D eigenvalue weighted by atomic mass is 10.3. The van der Waals surface area contributed by atoms with Crippen molar-refractivity contribution in [3.05, 3.63) is 53.7 Å². The molecule has 0 radical (unpaired) electrons. The first-order valence-electron chi connectivity index (χ1n) is 7.40. The number of pyridine rings is 1. The first-order valence-corrected chi connectivity index (χ1v) is 8.22. The SMILES string of the molecule is c1ccc(-c2nnc3sc([C@H]4COc5ccccc5O4)nn23)nc1. The van der Waals surface area contributed by atoms with Gasteiger partial charge in [0.1, 0.15) is 12.3 Å². The highest BCUT2D eigenvalue weighted by Crippen LogP contribution is 2.37. The molecule has 0 amide bonds. The van der Waals surface area contributed by atoms with E-state index in [0.717, 1.165) is 22.2 Å². The molecule has 0 aliphatic carbocycles. The first-order chi connectivity index (χ1) is 11.9. The minimum absolute atomic E-state index is 0.261. The molecule has 0 saturated carbocycles. The van der Waals surface area contributed by atoms with E-state index in [4.69, 9.17) is 9.47 Å². The summed E-state index contributed by atoms with van der Waals surface area (Å²) in [5, 5.41) is 13.8. The molecule has 0 fully saturated rings. The Bertz CT molecular complexity index is 1010. The van der Waals surface area contributed by atoms with Gasteiger partial charge in [0, 0.05) is 6.20 Å². The van der Waals surface area contributed by atoms with Crippen LogP contribution in [-0.2, 0) is 0 Å². The molecule has 118 valence electrons. The number of para-hydroxylation sites is 2. The summed E-state index contributed by atoms with van der Waals surface area (Å²) in [6, 6.07) is 13.3. The molecule has 0 unspecified atom stereocenters. The van der Waals surface area contributed by atoms with Crippen LogP contribution in [0.1, 0.15) is 11.1 Å². The minimum Gasteiger partial charge on any atom is -0.485 e. The molecule has 0 bridgehead atoms. The summed E-state index contributed by atoms with van der Waals surface area (Å²) in [5.41, 5.74) is 0.730. The van der Waals surface area contributed by atoms with Gasteiger partial charge in [0.05, 0.1) is 0 Å². The van der Waals surface area contributed by atoms with Crippen LogP contribution in [-0.4, -0.2) is 31.4 Å². The van der Waals surface area contributed by atoms with Gasteiger partial charge in [-0.05, 0) is 24.3 Å². The number of rotatable bonds is 2. The topological polar surface area (TPSA) is 74.4 Å². The molecule has 1 aliphatic rings. The van der Waals surface area contributed by atoms with Gasteiger partial charge in [0.25, 0.3) is 0 Å². The van der Waals surface area contributed by atoms with Gasteiger partial charge in [-0.15, -0.1) is 10.2 Å². The maximum absolute atomic E-state index is 6.01. The Hall–Kier alpha value is -3.00. The van der Waals surface area contributed by atoms with Crippen LogP contribution in [0, 0.1) is 0 Å². The molecule has 1 aromatic carbocycles. The zero-order valence-electron chi connectivity index (χ0n) is 12.4. The second kappa shape index (κ2) is 5.27. The fourth-order valence-electron chi connectivity index (χ4n) is 2.56. The maximum Gasteiger partial charge on any atom is 0.235 e. The van der Waals surface area contributed by atoms with E-state index in [2.05, 4.69) is 20.3 Å². The lowest BCUT2D eigenvalue weighted by molar-refractivity contribution is 0.0904. The van der Waals surface area contributed by atoms with Crippen LogP contribution in [0.2, 0.25) is 0 Å². The smallest absolute Gasteiger partial charge is 0.235 e. The van der Waals surface area contributed by atoms with Gasteiger partial charge < -0.3 is 9.47 Å². The molecule has 1 atom stereocenters. The summed E-state index contributed by atoms with van der Waals surface area (Å²) in [7, 11) is 0. The molecule has 24 heavy (non-hydrogen) atoms. The fourth-order valence-corrected chi connectivity index (χ4v) is 3.41. The van der Waals surface area contributed by atoms with Crippen molar-refractivity contribution in [3.63, 3.8) is 0 Å². The van der Waals surface area contributed by atoms with E-state index in [1.165, 1.54) is 11.3 Å². The average molecular weight is 337 g/mol. The van der Waals surface area contributed by atoms with Crippen LogP contribution in [0.3, 0.4) is 0 Å². The molecule has 3 aromatic heterocycles. The van der Waals surface area contributed by atoms with Crippen molar-refractivity contribution in [3.8, 4) is 23.0 Å². The van der Waals surface area contributed by atoms with E-state index < -0.39 is 0 Å². The second-order valence-electron chi connectivity index (χ2n) is 5.24. The highest BCUT2D eigenvalue weighted by atomic mass is 32.1. The molecule has 4 heterocycles. The number of fused-ring (bicyclic) bond motifs is 2. The Morgan fingerprint density at radius 3 is 2.79 bits per heavy atom. The molecule has 0 spiro atoms. The van der Waals surface area contributed by atoms with Crippen molar-refractivity contribution < 1.29 is 9.47 Å². The summed E-state index contributed by atoms with van der Waals surface area (Å²) in [6.45, 7) is 0.417. The molecule has 1 aliphatic heterocycles. The third kappa shape index (κ3) is 2.11. The van der Waals surface area contributed by atoms with Crippen molar-refractivity contribution >= 4 is 16.3 Å². The van der Waals surface area contributed by atoms with E-state index in [-0.39, 0.29) is 6.10 Å². The molecule has 0 saturated heterocycles. The number of benzene rings is 1. The Balaban J connectivity index is 1.52. The molecular weight excluding hydrogens is 326 g/mol. The van der Waals surface area contributed by atoms with Gasteiger partial charge in [-0.1, -0.05) is 29.5 Å². The Morgan fingerprint density at radius 2 is 1.92 bits per heavy atom. The van der Waals surface area contributed by atoms with Crippen LogP contribution in [0.25, 0.3) is 16.5 Å². The van der Waals surface area contributed by atoms with E-state index in [9.17, 15) is 0 Å². The number of nitrogens with zero attached hydrogens (tertiary/aromatic N) is 5.